The number of ether oxygens (including phenoxy) is 1. The van der Waals surface area contributed by atoms with Crippen molar-refractivity contribution in [2.75, 3.05) is 24.6 Å². The second kappa shape index (κ2) is 6.92. The van der Waals surface area contributed by atoms with Crippen LogP contribution in [0.4, 0.5) is 11.4 Å². The Morgan fingerprint density at radius 2 is 2.12 bits per heavy atom. The number of esters is 1. The molecule has 0 atom stereocenters. The number of non-ortho nitro benzene ring substituents is 1. The average Bonchev–Trinajstić information content (AvgIpc) is 2.62. The summed E-state index contributed by atoms with van der Waals surface area (Å²) < 4.78 is 5.07. The summed E-state index contributed by atoms with van der Waals surface area (Å²) in [4.78, 5) is 28.9. The topological polar surface area (TPSA) is 106 Å². The lowest BCUT2D eigenvalue weighted by atomic mass is 9.96. The Labute approximate surface area is 144 Å². The largest absolute Gasteiger partial charge is 0.506 e. The fourth-order valence-corrected chi connectivity index (χ4v) is 3.25. The number of hydrogen-bond donors (Lipinski definition) is 1. The number of nitrogens with zero attached hydrogens (tertiary/aromatic N) is 3. The molecule has 1 aromatic carbocycles. The van der Waals surface area contributed by atoms with E-state index in [2.05, 4.69) is 4.98 Å². The third kappa shape index (κ3) is 3.19. The first kappa shape index (κ1) is 16.9. The fraction of sp³-hybridized carbons (Fsp3) is 0.412. The number of anilines is 1. The van der Waals surface area contributed by atoms with Gasteiger partial charge in [-0.2, -0.15) is 0 Å². The highest BCUT2D eigenvalue weighted by molar-refractivity contribution is 6.01. The molecule has 0 radical (unpaired) electrons. The van der Waals surface area contributed by atoms with Gasteiger partial charge in [-0.15, -0.1) is 0 Å². The highest BCUT2D eigenvalue weighted by Crippen LogP contribution is 2.38. The van der Waals surface area contributed by atoms with Crippen LogP contribution in [0.5, 0.6) is 5.75 Å². The normalized spacial score (nSPS) is 15.3. The van der Waals surface area contributed by atoms with Gasteiger partial charge in [0.1, 0.15) is 16.7 Å². The number of aromatic nitrogens is 1. The number of nitro groups is 1. The van der Waals surface area contributed by atoms with E-state index in [1.54, 1.807) is 13.0 Å². The van der Waals surface area contributed by atoms with Gasteiger partial charge in [-0.1, -0.05) is 0 Å². The van der Waals surface area contributed by atoms with E-state index in [1.165, 1.54) is 18.3 Å². The van der Waals surface area contributed by atoms with Crippen LogP contribution in [-0.4, -0.2) is 40.7 Å². The molecule has 0 saturated carbocycles. The third-order valence-corrected chi connectivity index (χ3v) is 4.48. The van der Waals surface area contributed by atoms with Crippen LogP contribution < -0.4 is 4.90 Å². The number of aromatic hydroxyl groups is 1. The summed E-state index contributed by atoms with van der Waals surface area (Å²) in [6, 6.07) is 4.28. The molecule has 0 bridgehead atoms. The first-order valence-electron chi connectivity index (χ1n) is 8.19. The molecule has 1 saturated heterocycles. The predicted molar refractivity (Wildman–Crippen MR) is 91.6 cm³/mol. The molecule has 25 heavy (non-hydrogen) atoms. The van der Waals surface area contributed by atoms with Crippen molar-refractivity contribution in [3.8, 4) is 5.75 Å². The van der Waals surface area contributed by atoms with Gasteiger partial charge >= 0.3 is 5.97 Å². The summed E-state index contributed by atoms with van der Waals surface area (Å²) in [5.41, 5.74) is 0.762. The highest BCUT2D eigenvalue weighted by Gasteiger charge is 2.28. The molecule has 8 nitrogen and oxygen atoms in total. The molecule has 0 aliphatic carbocycles. The number of fused-ring (bicyclic) bond motifs is 1. The van der Waals surface area contributed by atoms with Crippen LogP contribution in [0.1, 0.15) is 19.8 Å². The Balaban J connectivity index is 1.94. The van der Waals surface area contributed by atoms with Gasteiger partial charge in [0.25, 0.3) is 5.69 Å². The van der Waals surface area contributed by atoms with Gasteiger partial charge in [0, 0.05) is 25.4 Å². The van der Waals surface area contributed by atoms with Crippen molar-refractivity contribution in [2.24, 2.45) is 5.92 Å². The molecule has 0 amide bonds. The number of piperidine rings is 1. The van der Waals surface area contributed by atoms with E-state index in [4.69, 9.17) is 4.74 Å². The van der Waals surface area contributed by atoms with Crippen LogP contribution in [0.3, 0.4) is 0 Å². The predicted octanol–water partition coefficient (Wildman–Crippen LogP) is 2.63. The van der Waals surface area contributed by atoms with Crippen molar-refractivity contribution < 1.29 is 19.6 Å². The minimum absolute atomic E-state index is 0.0936. The molecule has 1 N–H and O–H groups in total. The number of phenols is 1. The van der Waals surface area contributed by atoms with Crippen LogP contribution in [-0.2, 0) is 9.53 Å². The number of hydrogen-bond acceptors (Lipinski definition) is 7. The van der Waals surface area contributed by atoms with E-state index in [9.17, 15) is 20.0 Å². The number of carbonyl (C=O) groups excluding carboxylic acids is 1. The minimum Gasteiger partial charge on any atom is -0.506 e. The standard InChI is InChI=1S/C17H19N3O5/c1-2-25-17(22)11-6-9-19(10-7-11)12-5-8-18-16-14(21)4-3-13(15(12)16)20(23)24/h3-5,8,11,21H,2,6-7,9-10H2,1H3. The molecule has 1 aromatic heterocycles. The van der Waals surface area contributed by atoms with E-state index in [0.717, 1.165) is 0 Å². The van der Waals surface area contributed by atoms with Crippen LogP contribution in [0.15, 0.2) is 24.4 Å². The average molecular weight is 345 g/mol. The number of rotatable bonds is 4. The Hall–Kier alpha value is -2.90. The molecule has 1 fully saturated rings. The molecule has 132 valence electrons. The molecule has 2 aromatic rings. The van der Waals surface area contributed by atoms with E-state index in [0.29, 0.717) is 43.6 Å². The number of carbonyl (C=O) groups is 1. The van der Waals surface area contributed by atoms with Crippen molar-refractivity contribution >= 4 is 28.2 Å². The maximum Gasteiger partial charge on any atom is 0.309 e. The zero-order valence-electron chi connectivity index (χ0n) is 13.8. The van der Waals surface area contributed by atoms with Gasteiger partial charge in [0.15, 0.2) is 0 Å². The molecule has 2 heterocycles. The number of benzene rings is 1. The molecular formula is C17H19N3O5. The van der Waals surface area contributed by atoms with Gasteiger partial charge < -0.3 is 14.7 Å². The zero-order valence-corrected chi connectivity index (χ0v) is 13.8. The van der Waals surface area contributed by atoms with E-state index < -0.39 is 4.92 Å². The fourth-order valence-electron chi connectivity index (χ4n) is 3.25. The smallest absolute Gasteiger partial charge is 0.309 e. The minimum atomic E-state index is -0.474. The van der Waals surface area contributed by atoms with Crippen molar-refractivity contribution in [1.29, 1.82) is 0 Å². The van der Waals surface area contributed by atoms with Gasteiger partial charge in [0.05, 0.1) is 23.1 Å². The molecule has 0 unspecified atom stereocenters. The zero-order chi connectivity index (χ0) is 18.0. The molecule has 1 aliphatic heterocycles. The Kier molecular flexibility index (Phi) is 4.69. The third-order valence-electron chi connectivity index (χ3n) is 4.48. The van der Waals surface area contributed by atoms with Crippen molar-refractivity contribution in [2.45, 2.75) is 19.8 Å². The number of pyridine rings is 1. The van der Waals surface area contributed by atoms with Crippen molar-refractivity contribution in [3.63, 3.8) is 0 Å². The van der Waals surface area contributed by atoms with Crippen LogP contribution >= 0.6 is 0 Å². The molecular weight excluding hydrogens is 326 g/mol. The summed E-state index contributed by atoms with van der Waals surface area (Å²) in [6.45, 7) is 3.30. The second-order valence-electron chi connectivity index (χ2n) is 5.93. The lowest BCUT2D eigenvalue weighted by Crippen LogP contribution is -2.37. The second-order valence-corrected chi connectivity index (χ2v) is 5.93. The highest BCUT2D eigenvalue weighted by atomic mass is 16.6. The first-order chi connectivity index (χ1) is 12.0. The Morgan fingerprint density at radius 1 is 1.40 bits per heavy atom. The lowest BCUT2D eigenvalue weighted by Gasteiger charge is -2.33. The van der Waals surface area contributed by atoms with Gasteiger partial charge in [-0.3, -0.25) is 19.9 Å². The van der Waals surface area contributed by atoms with Crippen molar-refractivity contribution in [1.82, 2.24) is 4.98 Å². The summed E-state index contributed by atoms with van der Waals surface area (Å²) in [5.74, 6) is -0.429. The molecule has 3 rings (SSSR count). The maximum atomic E-state index is 11.9. The molecule has 1 aliphatic rings. The SMILES string of the molecule is CCOC(=O)C1CCN(c2ccnc3c(O)ccc([N+](=O)[O-])c23)CC1. The quantitative estimate of drug-likeness (QED) is 0.516. The van der Waals surface area contributed by atoms with Crippen LogP contribution in [0.25, 0.3) is 10.9 Å². The number of phenolic OH excluding ortho intramolecular Hbond substituents is 1. The van der Waals surface area contributed by atoms with E-state index in [-0.39, 0.29) is 28.8 Å². The van der Waals surface area contributed by atoms with Gasteiger partial charge in [-0.25, -0.2) is 0 Å². The first-order valence-corrected chi connectivity index (χ1v) is 8.19. The van der Waals surface area contributed by atoms with Gasteiger partial charge in [0.2, 0.25) is 0 Å². The maximum absolute atomic E-state index is 11.9. The van der Waals surface area contributed by atoms with Crippen LogP contribution in [0, 0.1) is 16.0 Å². The van der Waals surface area contributed by atoms with Crippen molar-refractivity contribution in [3.05, 3.63) is 34.5 Å². The monoisotopic (exact) mass is 345 g/mol. The Morgan fingerprint density at radius 3 is 2.76 bits per heavy atom. The van der Waals surface area contributed by atoms with Crippen LogP contribution in [0.2, 0.25) is 0 Å². The lowest BCUT2D eigenvalue weighted by molar-refractivity contribution is -0.383. The Bertz CT molecular complexity index is 815. The number of nitro benzene ring substituents is 1. The molecule has 0 spiro atoms. The van der Waals surface area contributed by atoms with E-state index in [1.807, 2.05) is 4.90 Å². The molecule has 8 heteroatoms. The van der Waals surface area contributed by atoms with Gasteiger partial charge in [-0.05, 0) is 31.9 Å². The van der Waals surface area contributed by atoms with E-state index >= 15 is 0 Å². The summed E-state index contributed by atoms with van der Waals surface area (Å²) >= 11 is 0. The summed E-state index contributed by atoms with van der Waals surface area (Å²) in [5, 5.41) is 21.7. The summed E-state index contributed by atoms with van der Waals surface area (Å²) in [7, 11) is 0. The summed E-state index contributed by atoms with van der Waals surface area (Å²) in [6.07, 6.45) is 2.77.